The Balaban J connectivity index is 2.77. The van der Waals surface area contributed by atoms with Gasteiger partial charge in [-0.2, -0.15) is 0 Å². The third-order valence-electron chi connectivity index (χ3n) is 1.94. The molecular weight excluding hydrogens is 251 g/mol. The van der Waals surface area contributed by atoms with E-state index in [1.807, 2.05) is 13.8 Å². The van der Waals surface area contributed by atoms with Crippen molar-refractivity contribution in [2.24, 2.45) is 11.7 Å². The summed E-state index contributed by atoms with van der Waals surface area (Å²) in [6.45, 7) is 3.70. The second-order valence-corrected chi connectivity index (χ2v) is 4.33. The number of aromatic nitrogens is 2. The number of nitrogens with one attached hydrogen (secondary N) is 1. The minimum absolute atomic E-state index is 0.0269. The Morgan fingerprint density at radius 2 is 2.06 bits per heavy atom. The van der Waals surface area contributed by atoms with E-state index in [0.717, 1.165) is 0 Å². The highest BCUT2D eigenvalue weighted by Crippen LogP contribution is 2.14. The van der Waals surface area contributed by atoms with Gasteiger partial charge in [0.1, 0.15) is 11.0 Å². The topological polar surface area (TPSA) is 80.9 Å². The number of rotatable bonds is 3. The summed E-state index contributed by atoms with van der Waals surface area (Å²) in [5.74, 6) is -0.0558. The minimum Gasteiger partial charge on any atom is -0.320 e. The number of halogens is 2. The SMILES string of the molecule is CC(C)C(N)C(=O)Nc1cc(Cl)nc(Cl)n1. The van der Waals surface area contributed by atoms with Gasteiger partial charge in [0, 0.05) is 6.07 Å². The van der Waals surface area contributed by atoms with Crippen LogP contribution in [0, 0.1) is 5.92 Å². The van der Waals surface area contributed by atoms with E-state index in [0.29, 0.717) is 0 Å². The van der Waals surface area contributed by atoms with Crippen LogP contribution in [0.1, 0.15) is 13.8 Å². The van der Waals surface area contributed by atoms with Crippen LogP contribution >= 0.6 is 23.2 Å². The van der Waals surface area contributed by atoms with Crippen molar-refractivity contribution in [3.05, 3.63) is 16.5 Å². The van der Waals surface area contributed by atoms with Crippen molar-refractivity contribution >= 4 is 34.9 Å². The zero-order valence-electron chi connectivity index (χ0n) is 8.87. The van der Waals surface area contributed by atoms with Gasteiger partial charge in [0.25, 0.3) is 0 Å². The van der Waals surface area contributed by atoms with Crippen LogP contribution in [-0.4, -0.2) is 21.9 Å². The Bertz CT molecular complexity index is 377. The molecule has 0 aliphatic rings. The van der Waals surface area contributed by atoms with Gasteiger partial charge in [-0.1, -0.05) is 25.4 Å². The zero-order chi connectivity index (χ0) is 12.3. The van der Waals surface area contributed by atoms with E-state index >= 15 is 0 Å². The van der Waals surface area contributed by atoms with Crippen molar-refractivity contribution in [3.63, 3.8) is 0 Å². The molecular formula is C9H12Cl2N4O. The summed E-state index contributed by atoms with van der Waals surface area (Å²) in [4.78, 5) is 19.1. The second-order valence-electron chi connectivity index (χ2n) is 3.60. The summed E-state index contributed by atoms with van der Waals surface area (Å²) in [5.41, 5.74) is 5.66. The number of carbonyl (C=O) groups is 1. The first kappa shape index (κ1) is 13.2. The van der Waals surface area contributed by atoms with Crippen molar-refractivity contribution < 1.29 is 4.79 Å². The fraction of sp³-hybridized carbons (Fsp3) is 0.444. The Labute approximate surface area is 103 Å². The lowest BCUT2D eigenvalue weighted by molar-refractivity contribution is -0.118. The summed E-state index contributed by atoms with van der Waals surface area (Å²) >= 11 is 11.2. The number of hydrogen-bond donors (Lipinski definition) is 2. The first-order valence-corrected chi connectivity index (χ1v) is 5.42. The molecule has 1 atom stereocenters. The highest BCUT2D eigenvalue weighted by atomic mass is 35.5. The van der Waals surface area contributed by atoms with E-state index < -0.39 is 6.04 Å². The molecule has 1 aromatic rings. The second kappa shape index (κ2) is 5.43. The molecule has 1 aromatic heterocycles. The quantitative estimate of drug-likeness (QED) is 0.642. The zero-order valence-corrected chi connectivity index (χ0v) is 10.4. The Kier molecular flexibility index (Phi) is 4.46. The van der Waals surface area contributed by atoms with Crippen molar-refractivity contribution in [3.8, 4) is 0 Å². The van der Waals surface area contributed by atoms with Gasteiger partial charge < -0.3 is 11.1 Å². The lowest BCUT2D eigenvalue weighted by atomic mass is 10.1. The molecule has 0 aliphatic heterocycles. The van der Waals surface area contributed by atoms with Gasteiger partial charge >= 0.3 is 0 Å². The van der Waals surface area contributed by atoms with Crippen LogP contribution in [-0.2, 0) is 4.79 Å². The van der Waals surface area contributed by atoms with Gasteiger partial charge in [0.05, 0.1) is 6.04 Å². The van der Waals surface area contributed by atoms with Crippen LogP contribution in [0.2, 0.25) is 10.4 Å². The molecule has 3 N–H and O–H groups in total. The molecule has 0 fully saturated rings. The Morgan fingerprint density at radius 3 is 2.56 bits per heavy atom. The fourth-order valence-corrected chi connectivity index (χ4v) is 1.38. The largest absolute Gasteiger partial charge is 0.320 e. The third kappa shape index (κ3) is 3.59. The average molecular weight is 263 g/mol. The molecule has 0 saturated carbocycles. The third-order valence-corrected chi connectivity index (χ3v) is 2.30. The first-order chi connectivity index (χ1) is 7.40. The monoisotopic (exact) mass is 262 g/mol. The van der Waals surface area contributed by atoms with Crippen LogP contribution in [0.5, 0.6) is 0 Å². The van der Waals surface area contributed by atoms with Gasteiger partial charge in [-0.15, -0.1) is 0 Å². The molecule has 0 aromatic carbocycles. The predicted molar refractivity (Wildman–Crippen MR) is 63.5 cm³/mol. The fourth-order valence-electron chi connectivity index (χ4n) is 0.966. The van der Waals surface area contributed by atoms with Crippen LogP contribution in [0.15, 0.2) is 6.07 Å². The molecule has 1 rings (SSSR count). The molecule has 1 amide bonds. The van der Waals surface area contributed by atoms with Crippen LogP contribution in [0.4, 0.5) is 5.82 Å². The predicted octanol–water partition coefficient (Wildman–Crippen LogP) is 1.71. The van der Waals surface area contributed by atoms with Crippen LogP contribution in [0.3, 0.4) is 0 Å². The van der Waals surface area contributed by atoms with Gasteiger partial charge in [0.2, 0.25) is 11.2 Å². The van der Waals surface area contributed by atoms with Gasteiger partial charge in [0.15, 0.2) is 0 Å². The van der Waals surface area contributed by atoms with Crippen LogP contribution in [0.25, 0.3) is 0 Å². The van der Waals surface area contributed by atoms with Crippen molar-refractivity contribution in [2.75, 3.05) is 5.32 Å². The smallest absolute Gasteiger partial charge is 0.242 e. The summed E-state index contributed by atoms with van der Waals surface area (Å²) in [7, 11) is 0. The summed E-state index contributed by atoms with van der Waals surface area (Å²) in [6, 6.07) is 0.797. The van der Waals surface area contributed by atoms with E-state index in [2.05, 4.69) is 15.3 Å². The van der Waals surface area contributed by atoms with Gasteiger partial charge in [-0.25, -0.2) is 9.97 Å². The van der Waals surface area contributed by atoms with E-state index in [1.165, 1.54) is 6.07 Å². The summed E-state index contributed by atoms with van der Waals surface area (Å²) in [5, 5.41) is 2.65. The number of amides is 1. The van der Waals surface area contributed by atoms with Crippen molar-refractivity contribution in [2.45, 2.75) is 19.9 Å². The lowest BCUT2D eigenvalue weighted by Crippen LogP contribution is -2.39. The van der Waals surface area contributed by atoms with E-state index in [1.54, 1.807) is 0 Å². The maximum Gasteiger partial charge on any atom is 0.242 e. The van der Waals surface area contributed by atoms with Crippen molar-refractivity contribution in [1.29, 1.82) is 0 Å². The molecule has 5 nitrogen and oxygen atoms in total. The Hall–Kier alpha value is -0.910. The normalized spacial score (nSPS) is 12.6. The van der Waals surface area contributed by atoms with Crippen molar-refractivity contribution in [1.82, 2.24) is 9.97 Å². The van der Waals surface area contributed by atoms with E-state index in [-0.39, 0.29) is 28.1 Å². The number of hydrogen-bond acceptors (Lipinski definition) is 4. The molecule has 0 saturated heterocycles. The van der Waals surface area contributed by atoms with E-state index in [4.69, 9.17) is 28.9 Å². The maximum atomic E-state index is 11.6. The standard InChI is InChI=1S/C9H12Cl2N4O/c1-4(2)7(12)8(16)14-6-3-5(10)13-9(11)15-6/h3-4,7H,12H2,1-2H3,(H,13,14,15,16). The molecule has 1 heterocycles. The van der Waals surface area contributed by atoms with Gasteiger partial charge in [-0.05, 0) is 17.5 Å². The van der Waals surface area contributed by atoms with Gasteiger partial charge in [-0.3, -0.25) is 4.79 Å². The molecule has 7 heteroatoms. The first-order valence-electron chi connectivity index (χ1n) is 4.66. The minimum atomic E-state index is -0.604. The molecule has 0 radical (unpaired) electrons. The molecule has 0 bridgehead atoms. The highest BCUT2D eigenvalue weighted by molar-refractivity contribution is 6.32. The molecule has 0 aliphatic carbocycles. The van der Waals surface area contributed by atoms with E-state index in [9.17, 15) is 4.79 Å². The number of carbonyl (C=O) groups excluding carboxylic acids is 1. The molecule has 16 heavy (non-hydrogen) atoms. The average Bonchev–Trinajstić information content (AvgIpc) is 2.14. The number of nitrogens with two attached hydrogens (primary N) is 1. The molecule has 0 spiro atoms. The summed E-state index contributed by atoms with van der Waals surface area (Å²) < 4.78 is 0. The summed E-state index contributed by atoms with van der Waals surface area (Å²) in [6.07, 6.45) is 0. The molecule has 1 unspecified atom stereocenters. The highest BCUT2D eigenvalue weighted by Gasteiger charge is 2.17. The number of nitrogens with zero attached hydrogens (tertiary/aromatic N) is 2. The molecule has 88 valence electrons. The maximum absolute atomic E-state index is 11.6. The Morgan fingerprint density at radius 1 is 1.44 bits per heavy atom. The lowest BCUT2D eigenvalue weighted by Gasteiger charge is -2.14. The van der Waals surface area contributed by atoms with Crippen LogP contribution < -0.4 is 11.1 Å². The number of anilines is 1.